The van der Waals surface area contributed by atoms with Crippen LogP contribution in [-0.2, 0) is 4.79 Å². The normalized spacial score (nSPS) is 10.5. The zero-order valence-electron chi connectivity index (χ0n) is 18.8. The predicted octanol–water partition coefficient (Wildman–Crippen LogP) is 4.88. The van der Waals surface area contributed by atoms with Gasteiger partial charge in [0.25, 0.3) is 5.91 Å². The maximum atomic E-state index is 13.0. The molecule has 2 rings (SSSR count). The fourth-order valence-electron chi connectivity index (χ4n) is 3.08. The summed E-state index contributed by atoms with van der Waals surface area (Å²) in [5, 5.41) is 0. The summed E-state index contributed by atoms with van der Waals surface area (Å²) in [6, 6.07) is 13.5. The van der Waals surface area contributed by atoms with Gasteiger partial charge in [0.05, 0.1) is 6.61 Å². The summed E-state index contributed by atoms with van der Waals surface area (Å²) in [6.45, 7) is 8.32. The first-order valence-corrected chi connectivity index (χ1v) is 10.3. The molecule has 30 heavy (non-hydrogen) atoms. The lowest BCUT2D eigenvalue weighted by Gasteiger charge is -2.27. The molecule has 0 aliphatic carbocycles. The summed E-state index contributed by atoms with van der Waals surface area (Å²) in [5.74, 6) is 1.43. The van der Waals surface area contributed by atoms with Crippen molar-refractivity contribution in [2.24, 2.45) is 0 Å². The van der Waals surface area contributed by atoms with Gasteiger partial charge in [-0.3, -0.25) is 4.79 Å². The minimum Gasteiger partial charge on any atom is -0.494 e. The van der Waals surface area contributed by atoms with Crippen molar-refractivity contribution < 1.29 is 14.3 Å². The number of aryl methyl sites for hydroxylation is 2. The molecule has 1 amide bonds. The first-order chi connectivity index (χ1) is 13.9. The van der Waals surface area contributed by atoms with Crippen molar-refractivity contribution in [2.45, 2.75) is 33.6 Å². The van der Waals surface area contributed by atoms with E-state index in [0.29, 0.717) is 18.9 Å². The molecule has 0 aliphatic rings. The number of ether oxygens (including phenoxy) is 2. The van der Waals surface area contributed by atoms with Crippen molar-refractivity contribution in [1.82, 2.24) is 4.90 Å². The molecule has 0 aromatic heterocycles. The number of hydrogen-bond donors (Lipinski definition) is 0. The summed E-state index contributed by atoms with van der Waals surface area (Å²) >= 11 is 0. The van der Waals surface area contributed by atoms with Crippen LogP contribution in [0.2, 0.25) is 0 Å². The van der Waals surface area contributed by atoms with Crippen molar-refractivity contribution in [3.05, 3.63) is 53.6 Å². The number of benzene rings is 2. The highest BCUT2D eigenvalue weighted by molar-refractivity contribution is 5.96. The van der Waals surface area contributed by atoms with E-state index in [9.17, 15) is 4.79 Å². The third-order valence-electron chi connectivity index (χ3n) is 4.73. The van der Waals surface area contributed by atoms with E-state index in [2.05, 4.69) is 11.8 Å². The molecule has 166 valence electrons. The fourth-order valence-corrected chi connectivity index (χ4v) is 3.08. The third-order valence-corrected chi connectivity index (χ3v) is 4.73. The van der Waals surface area contributed by atoms with Gasteiger partial charge in [-0.05, 0) is 69.8 Å². The van der Waals surface area contributed by atoms with E-state index in [1.807, 2.05) is 75.3 Å². The van der Waals surface area contributed by atoms with Crippen LogP contribution in [0.15, 0.2) is 42.5 Å². The predicted molar refractivity (Wildman–Crippen MR) is 126 cm³/mol. The number of para-hydroxylation sites is 1. The smallest absolute Gasteiger partial charge is 0.264 e. The first kappa shape index (κ1) is 25.8. The number of rotatable bonds is 11. The average Bonchev–Trinajstić information content (AvgIpc) is 2.69. The van der Waals surface area contributed by atoms with Crippen molar-refractivity contribution in [3.8, 4) is 11.5 Å². The van der Waals surface area contributed by atoms with Crippen LogP contribution in [0.3, 0.4) is 0 Å². The molecule has 0 unspecified atom stereocenters. The molecule has 0 heterocycles. The molecule has 2 aromatic carbocycles. The lowest BCUT2D eigenvalue weighted by atomic mass is 10.1. The van der Waals surface area contributed by atoms with Crippen molar-refractivity contribution in [2.75, 3.05) is 45.3 Å². The quantitative estimate of drug-likeness (QED) is 0.473. The highest BCUT2D eigenvalue weighted by Crippen LogP contribution is 2.25. The molecule has 0 radical (unpaired) electrons. The van der Waals surface area contributed by atoms with Gasteiger partial charge in [-0.15, -0.1) is 12.4 Å². The highest BCUT2D eigenvalue weighted by Gasteiger charge is 2.20. The van der Waals surface area contributed by atoms with E-state index in [1.54, 1.807) is 0 Å². The van der Waals surface area contributed by atoms with Gasteiger partial charge < -0.3 is 19.3 Å². The van der Waals surface area contributed by atoms with Gasteiger partial charge >= 0.3 is 0 Å². The standard InChI is InChI=1S/C24H34N2O3.ClH/c1-6-7-17-28-21-11-13-22(14-12-21)29-18-23(27)26(16-15-25(4)5)24-19(2)9-8-10-20(24)3;/h8-14H,6-7,15-18H2,1-5H3;1H. The second kappa shape index (κ2) is 13.1. The second-order valence-electron chi connectivity index (χ2n) is 7.55. The Hall–Kier alpha value is -2.24. The van der Waals surface area contributed by atoms with Gasteiger partial charge in [0, 0.05) is 18.8 Å². The molecule has 0 fully saturated rings. The van der Waals surface area contributed by atoms with Crippen LogP contribution in [0.4, 0.5) is 5.69 Å². The molecule has 0 N–H and O–H groups in total. The molecule has 0 atom stereocenters. The molecular formula is C24H35ClN2O3. The monoisotopic (exact) mass is 434 g/mol. The molecular weight excluding hydrogens is 400 g/mol. The van der Waals surface area contributed by atoms with Gasteiger partial charge in [0.15, 0.2) is 6.61 Å². The fraction of sp³-hybridized carbons (Fsp3) is 0.458. The SMILES string of the molecule is CCCCOc1ccc(OCC(=O)N(CCN(C)C)c2c(C)cccc2C)cc1.Cl. The minimum atomic E-state index is -0.0486. The summed E-state index contributed by atoms with van der Waals surface area (Å²) in [6.07, 6.45) is 2.14. The van der Waals surface area contributed by atoms with Gasteiger partial charge in [-0.2, -0.15) is 0 Å². The number of likely N-dealkylation sites (N-methyl/N-ethyl adjacent to an activating group) is 1. The van der Waals surface area contributed by atoms with E-state index in [1.165, 1.54) is 0 Å². The van der Waals surface area contributed by atoms with Crippen molar-refractivity contribution in [3.63, 3.8) is 0 Å². The Bertz CT molecular complexity index is 758. The Morgan fingerprint density at radius 1 is 0.900 bits per heavy atom. The van der Waals surface area contributed by atoms with Crippen LogP contribution >= 0.6 is 12.4 Å². The molecule has 2 aromatic rings. The average molecular weight is 435 g/mol. The summed E-state index contributed by atoms with van der Waals surface area (Å²) in [4.78, 5) is 16.9. The zero-order valence-corrected chi connectivity index (χ0v) is 19.6. The van der Waals surface area contributed by atoms with E-state index in [-0.39, 0.29) is 24.9 Å². The van der Waals surface area contributed by atoms with Crippen LogP contribution in [0, 0.1) is 13.8 Å². The Balaban J connectivity index is 0.00000450. The Kier molecular flexibility index (Phi) is 11.3. The van der Waals surface area contributed by atoms with Crippen LogP contribution in [-0.4, -0.2) is 51.2 Å². The van der Waals surface area contributed by atoms with Crippen molar-refractivity contribution >= 4 is 24.0 Å². The Morgan fingerprint density at radius 2 is 1.47 bits per heavy atom. The summed E-state index contributed by atoms with van der Waals surface area (Å²) in [5.41, 5.74) is 3.15. The first-order valence-electron chi connectivity index (χ1n) is 10.3. The lowest BCUT2D eigenvalue weighted by Crippen LogP contribution is -2.40. The number of halogens is 1. The molecule has 5 nitrogen and oxygen atoms in total. The van der Waals surface area contributed by atoms with Gasteiger partial charge in [0.2, 0.25) is 0 Å². The molecule has 0 saturated carbocycles. The number of carbonyl (C=O) groups excluding carboxylic acids is 1. The second-order valence-corrected chi connectivity index (χ2v) is 7.55. The molecule has 0 bridgehead atoms. The molecule has 0 saturated heterocycles. The highest BCUT2D eigenvalue weighted by atomic mass is 35.5. The number of amides is 1. The van der Waals surface area contributed by atoms with Gasteiger partial charge in [-0.25, -0.2) is 0 Å². The van der Waals surface area contributed by atoms with Crippen LogP contribution in [0.25, 0.3) is 0 Å². The number of hydrogen-bond acceptors (Lipinski definition) is 4. The topological polar surface area (TPSA) is 42.0 Å². The Labute approximate surface area is 187 Å². The Morgan fingerprint density at radius 3 is 2.00 bits per heavy atom. The van der Waals surface area contributed by atoms with Crippen LogP contribution < -0.4 is 14.4 Å². The summed E-state index contributed by atoms with van der Waals surface area (Å²) < 4.78 is 11.4. The van der Waals surface area contributed by atoms with Crippen molar-refractivity contribution in [1.29, 1.82) is 0 Å². The molecule has 6 heteroatoms. The number of carbonyl (C=O) groups is 1. The third kappa shape index (κ3) is 7.88. The van der Waals surface area contributed by atoms with E-state index >= 15 is 0 Å². The summed E-state index contributed by atoms with van der Waals surface area (Å²) in [7, 11) is 4.02. The minimum absolute atomic E-state index is 0. The lowest BCUT2D eigenvalue weighted by molar-refractivity contribution is -0.120. The maximum absolute atomic E-state index is 13.0. The van der Waals surface area contributed by atoms with E-state index in [0.717, 1.165) is 42.0 Å². The van der Waals surface area contributed by atoms with E-state index in [4.69, 9.17) is 9.47 Å². The maximum Gasteiger partial charge on any atom is 0.264 e. The molecule has 0 aliphatic heterocycles. The van der Waals surface area contributed by atoms with Crippen LogP contribution in [0.1, 0.15) is 30.9 Å². The largest absolute Gasteiger partial charge is 0.494 e. The van der Waals surface area contributed by atoms with Gasteiger partial charge in [-0.1, -0.05) is 31.5 Å². The van der Waals surface area contributed by atoms with E-state index < -0.39 is 0 Å². The van der Waals surface area contributed by atoms with Gasteiger partial charge in [0.1, 0.15) is 11.5 Å². The number of unbranched alkanes of at least 4 members (excludes halogenated alkanes) is 1. The van der Waals surface area contributed by atoms with Crippen LogP contribution in [0.5, 0.6) is 11.5 Å². The zero-order chi connectivity index (χ0) is 21.2. The number of nitrogens with zero attached hydrogens (tertiary/aromatic N) is 2. The number of anilines is 1. The molecule has 0 spiro atoms.